The molecule has 0 saturated carbocycles. The summed E-state index contributed by atoms with van der Waals surface area (Å²) >= 11 is 0. The van der Waals surface area contributed by atoms with E-state index in [1.54, 1.807) is 43.4 Å². The molecule has 0 radical (unpaired) electrons. The number of amides is 1. The summed E-state index contributed by atoms with van der Waals surface area (Å²) < 4.78 is 24.9. The predicted octanol–water partition coefficient (Wildman–Crippen LogP) is 2.52. The number of rotatable bonds is 4. The Balaban J connectivity index is 2.32. The Hall–Kier alpha value is -2.34. The highest BCUT2D eigenvalue weighted by atomic mass is 32.2. The van der Waals surface area contributed by atoms with Crippen LogP contribution in [0.2, 0.25) is 0 Å². The van der Waals surface area contributed by atoms with Crippen molar-refractivity contribution in [2.45, 2.75) is 16.7 Å². The second-order valence-electron chi connectivity index (χ2n) is 4.48. The van der Waals surface area contributed by atoms with Gasteiger partial charge in [-0.15, -0.1) is 0 Å². The van der Waals surface area contributed by atoms with Gasteiger partial charge in [0.2, 0.25) is 15.7 Å². The number of anilines is 2. The molecule has 0 aromatic heterocycles. The van der Waals surface area contributed by atoms with Crippen LogP contribution < -0.4 is 10.6 Å². The molecule has 1 amide bonds. The van der Waals surface area contributed by atoms with Gasteiger partial charge in [-0.05, 0) is 48.5 Å². The Labute approximate surface area is 123 Å². The fraction of sp³-hybridized carbons (Fsp3) is 0.133. The van der Waals surface area contributed by atoms with Crippen molar-refractivity contribution in [2.24, 2.45) is 0 Å². The molecular formula is C15H16N2O3S. The van der Waals surface area contributed by atoms with Crippen LogP contribution in [0.25, 0.3) is 0 Å². The van der Waals surface area contributed by atoms with Gasteiger partial charge < -0.3 is 10.6 Å². The third-order valence-electron chi connectivity index (χ3n) is 2.94. The first kappa shape index (κ1) is 15.1. The molecule has 2 aromatic carbocycles. The van der Waals surface area contributed by atoms with E-state index in [4.69, 9.17) is 0 Å². The molecule has 2 aromatic rings. The Morgan fingerprint density at radius 2 is 1.29 bits per heavy atom. The van der Waals surface area contributed by atoms with Crippen molar-refractivity contribution in [1.29, 1.82) is 0 Å². The fourth-order valence-electron chi connectivity index (χ4n) is 1.86. The van der Waals surface area contributed by atoms with E-state index in [9.17, 15) is 13.2 Å². The molecule has 2 N–H and O–H groups in total. The van der Waals surface area contributed by atoms with Gasteiger partial charge in [-0.3, -0.25) is 4.79 Å². The molecule has 0 saturated heterocycles. The molecule has 5 nitrogen and oxygen atoms in total. The van der Waals surface area contributed by atoms with E-state index in [1.807, 2.05) is 0 Å². The third-order valence-corrected chi connectivity index (χ3v) is 4.72. The van der Waals surface area contributed by atoms with Gasteiger partial charge in [0.15, 0.2) is 0 Å². The fourth-order valence-corrected chi connectivity index (χ4v) is 3.12. The standard InChI is InChI=1S/C15H16N2O3S/c1-11(18)17-13-5-9-15(10-6-13)21(19,20)14-7-3-12(16-2)4-8-14/h3-10,16H,1-2H3,(H,17,18). The highest BCUT2D eigenvalue weighted by Gasteiger charge is 2.17. The third kappa shape index (κ3) is 3.41. The highest BCUT2D eigenvalue weighted by Crippen LogP contribution is 2.23. The molecule has 0 bridgehead atoms. The molecular weight excluding hydrogens is 288 g/mol. The lowest BCUT2D eigenvalue weighted by molar-refractivity contribution is -0.114. The van der Waals surface area contributed by atoms with Crippen LogP contribution in [0.1, 0.15) is 6.92 Å². The minimum absolute atomic E-state index is 0.189. The number of nitrogens with one attached hydrogen (secondary N) is 2. The summed E-state index contributed by atoms with van der Waals surface area (Å²) in [4.78, 5) is 11.4. The molecule has 0 aliphatic heterocycles. The van der Waals surface area contributed by atoms with E-state index in [-0.39, 0.29) is 15.7 Å². The summed E-state index contributed by atoms with van der Waals surface area (Å²) in [7, 11) is -1.78. The molecule has 0 unspecified atom stereocenters. The minimum atomic E-state index is -3.55. The molecule has 0 aliphatic carbocycles. The van der Waals surface area contributed by atoms with Crippen molar-refractivity contribution >= 4 is 27.1 Å². The van der Waals surface area contributed by atoms with Crippen LogP contribution in [-0.4, -0.2) is 21.4 Å². The van der Waals surface area contributed by atoms with Gasteiger partial charge >= 0.3 is 0 Å². The first-order valence-corrected chi connectivity index (χ1v) is 7.82. The minimum Gasteiger partial charge on any atom is -0.388 e. The summed E-state index contributed by atoms with van der Waals surface area (Å²) in [6, 6.07) is 12.6. The van der Waals surface area contributed by atoms with Gasteiger partial charge in [-0.2, -0.15) is 0 Å². The van der Waals surface area contributed by atoms with Crippen molar-refractivity contribution in [3.63, 3.8) is 0 Å². The Morgan fingerprint density at radius 1 is 0.857 bits per heavy atom. The van der Waals surface area contributed by atoms with Gasteiger partial charge in [0, 0.05) is 25.3 Å². The summed E-state index contributed by atoms with van der Waals surface area (Å²) in [6.45, 7) is 1.40. The van der Waals surface area contributed by atoms with E-state index in [0.29, 0.717) is 5.69 Å². The Bertz CT molecular complexity index is 735. The summed E-state index contributed by atoms with van der Waals surface area (Å²) in [5, 5.41) is 5.53. The monoisotopic (exact) mass is 304 g/mol. The average Bonchev–Trinajstić information content (AvgIpc) is 2.47. The van der Waals surface area contributed by atoms with Gasteiger partial charge in [-0.1, -0.05) is 0 Å². The molecule has 6 heteroatoms. The van der Waals surface area contributed by atoms with E-state index in [1.165, 1.54) is 19.1 Å². The van der Waals surface area contributed by atoms with Crippen LogP contribution in [-0.2, 0) is 14.6 Å². The maximum absolute atomic E-state index is 12.5. The largest absolute Gasteiger partial charge is 0.388 e. The Kier molecular flexibility index (Phi) is 4.28. The zero-order chi connectivity index (χ0) is 15.5. The maximum Gasteiger partial charge on any atom is 0.221 e. The summed E-state index contributed by atoms with van der Waals surface area (Å²) in [6.07, 6.45) is 0. The average molecular weight is 304 g/mol. The first-order chi connectivity index (χ1) is 9.93. The smallest absolute Gasteiger partial charge is 0.221 e. The number of carbonyl (C=O) groups is 1. The lowest BCUT2D eigenvalue weighted by atomic mass is 10.3. The van der Waals surface area contributed by atoms with Gasteiger partial charge in [0.25, 0.3) is 0 Å². The molecule has 21 heavy (non-hydrogen) atoms. The number of hydrogen-bond donors (Lipinski definition) is 2. The lowest BCUT2D eigenvalue weighted by Gasteiger charge is -2.07. The Morgan fingerprint density at radius 3 is 1.67 bits per heavy atom. The molecule has 0 atom stereocenters. The first-order valence-electron chi connectivity index (χ1n) is 6.34. The molecule has 0 fully saturated rings. The van der Waals surface area contributed by atoms with E-state index in [2.05, 4.69) is 10.6 Å². The van der Waals surface area contributed by atoms with Crippen molar-refractivity contribution in [2.75, 3.05) is 17.7 Å². The van der Waals surface area contributed by atoms with Gasteiger partial charge in [0.05, 0.1) is 9.79 Å². The van der Waals surface area contributed by atoms with E-state index < -0.39 is 9.84 Å². The van der Waals surface area contributed by atoms with E-state index in [0.717, 1.165) is 5.69 Å². The number of hydrogen-bond acceptors (Lipinski definition) is 4. The highest BCUT2D eigenvalue weighted by molar-refractivity contribution is 7.91. The number of sulfone groups is 1. The van der Waals surface area contributed by atoms with E-state index >= 15 is 0 Å². The van der Waals surface area contributed by atoms with Crippen LogP contribution in [0.5, 0.6) is 0 Å². The zero-order valence-corrected chi connectivity index (χ0v) is 12.6. The topological polar surface area (TPSA) is 75.3 Å². The molecule has 0 aliphatic rings. The number of carbonyl (C=O) groups excluding carboxylic acids is 1. The number of benzene rings is 2. The summed E-state index contributed by atoms with van der Waals surface area (Å²) in [5.74, 6) is -0.201. The molecule has 0 heterocycles. The van der Waals surface area contributed by atoms with Crippen LogP contribution in [0.3, 0.4) is 0 Å². The van der Waals surface area contributed by atoms with Gasteiger partial charge in [0.1, 0.15) is 0 Å². The van der Waals surface area contributed by atoms with Crippen LogP contribution >= 0.6 is 0 Å². The molecule has 0 spiro atoms. The predicted molar refractivity (Wildman–Crippen MR) is 82.2 cm³/mol. The second kappa shape index (κ2) is 5.97. The quantitative estimate of drug-likeness (QED) is 0.910. The maximum atomic E-state index is 12.5. The van der Waals surface area contributed by atoms with Crippen LogP contribution in [0.4, 0.5) is 11.4 Å². The van der Waals surface area contributed by atoms with Crippen molar-refractivity contribution in [1.82, 2.24) is 0 Å². The van der Waals surface area contributed by atoms with Crippen LogP contribution in [0, 0.1) is 0 Å². The summed E-state index contributed by atoms with van der Waals surface area (Å²) in [5.41, 5.74) is 1.40. The lowest BCUT2D eigenvalue weighted by Crippen LogP contribution is -2.06. The van der Waals surface area contributed by atoms with Crippen molar-refractivity contribution < 1.29 is 13.2 Å². The molecule has 2 rings (SSSR count). The van der Waals surface area contributed by atoms with Crippen molar-refractivity contribution in [3.8, 4) is 0 Å². The zero-order valence-electron chi connectivity index (χ0n) is 11.8. The van der Waals surface area contributed by atoms with Crippen LogP contribution in [0.15, 0.2) is 58.3 Å². The molecule has 110 valence electrons. The van der Waals surface area contributed by atoms with Crippen molar-refractivity contribution in [3.05, 3.63) is 48.5 Å². The normalized spacial score (nSPS) is 11.0. The second-order valence-corrected chi connectivity index (χ2v) is 6.43. The SMILES string of the molecule is CNc1ccc(S(=O)(=O)c2ccc(NC(C)=O)cc2)cc1. The van der Waals surface area contributed by atoms with Gasteiger partial charge in [-0.25, -0.2) is 8.42 Å².